The van der Waals surface area contributed by atoms with Crippen LogP contribution in [0.3, 0.4) is 0 Å². The van der Waals surface area contributed by atoms with Crippen LogP contribution in [0.15, 0.2) is 53.1 Å². The Kier molecular flexibility index (Phi) is 3.21. The zero-order chi connectivity index (χ0) is 13.9. The lowest BCUT2D eigenvalue weighted by Gasteiger charge is -2.19. The molecular formula is C16H14N2O2. The molecule has 100 valence electrons. The van der Waals surface area contributed by atoms with Crippen molar-refractivity contribution < 1.29 is 9.21 Å². The summed E-state index contributed by atoms with van der Waals surface area (Å²) in [6.07, 6.45) is 2.48. The molecule has 1 aromatic carbocycles. The highest BCUT2D eigenvalue weighted by molar-refractivity contribution is 5.91. The molecule has 4 nitrogen and oxygen atoms in total. The molecule has 0 unspecified atom stereocenters. The third kappa shape index (κ3) is 2.28. The molecule has 3 aromatic rings. The van der Waals surface area contributed by atoms with Crippen molar-refractivity contribution in [2.45, 2.75) is 6.54 Å². The van der Waals surface area contributed by atoms with Gasteiger partial charge in [-0.2, -0.15) is 0 Å². The summed E-state index contributed by atoms with van der Waals surface area (Å²) in [4.78, 5) is 17.8. The monoisotopic (exact) mass is 266 g/mol. The van der Waals surface area contributed by atoms with Gasteiger partial charge in [0.2, 0.25) is 0 Å². The number of aldehydes is 1. The van der Waals surface area contributed by atoms with Crippen LogP contribution in [0.5, 0.6) is 0 Å². The first kappa shape index (κ1) is 12.4. The number of furan rings is 1. The van der Waals surface area contributed by atoms with E-state index in [1.165, 1.54) is 0 Å². The highest BCUT2D eigenvalue weighted by Gasteiger charge is 2.12. The maximum Gasteiger partial charge on any atom is 0.153 e. The molecule has 0 amide bonds. The summed E-state index contributed by atoms with van der Waals surface area (Å²) in [7, 11) is 1.90. The second-order valence-corrected chi connectivity index (χ2v) is 4.65. The van der Waals surface area contributed by atoms with Gasteiger partial charge in [-0.05, 0) is 24.3 Å². The number of hydrogen-bond donors (Lipinski definition) is 0. The Morgan fingerprint density at radius 2 is 2.10 bits per heavy atom. The maximum absolute atomic E-state index is 11.3. The van der Waals surface area contributed by atoms with E-state index in [0.717, 1.165) is 22.9 Å². The van der Waals surface area contributed by atoms with Gasteiger partial charge in [0.05, 0.1) is 23.9 Å². The average molecular weight is 266 g/mol. The molecule has 0 bridgehead atoms. The number of hydrogen-bond acceptors (Lipinski definition) is 4. The Morgan fingerprint density at radius 3 is 2.85 bits per heavy atom. The number of fused-ring (bicyclic) bond motifs is 1. The fourth-order valence-corrected chi connectivity index (χ4v) is 2.23. The van der Waals surface area contributed by atoms with Gasteiger partial charge in [-0.1, -0.05) is 18.2 Å². The van der Waals surface area contributed by atoms with Gasteiger partial charge in [0.15, 0.2) is 6.29 Å². The van der Waals surface area contributed by atoms with Gasteiger partial charge in [-0.15, -0.1) is 0 Å². The van der Waals surface area contributed by atoms with Gasteiger partial charge >= 0.3 is 0 Å². The number of nitrogens with zero attached hydrogens (tertiary/aromatic N) is 2. The number of rotatable bonds is 4. The van der Waals surface area contributed by atoms with Gasteiger partial charge in [0, 0.05) is 12.4 Å². The number of carbonyl (C=O) groups is 1. The third-order valence-corrected chi connectivity index (χ3v) is 3.19. The van der Waals surface area contributed by atoms with Gasteiger partial charge in [-0.3, -0.25) is 4.79 Å². The number of para-hydroxylation sites is 1. The third-order valence-electron chi connectivity index (χ3n) is 3.19. The van der Waals surface area contributed by atoms with Crippen molar-refractivity contribution >= 4 is 23.0 Å². The Hall–Kier alpha value is -2.62. The van der Waals surface area contributed by atoms with E-state index >= 15 is 0 Å². The molecule has 3 rings (SSSR count). The normalized spacial score (nSPS) is 10.7. The van der Waals surface area contributed by atoms with E-state index in [1.807, 2.05) is 54.4 Å². The number of aromatic nitrogens is 1. The van der Waals surface area contributed by atoms with E-state index in [9.17, 15) is 4.79 Å². The molecule has 2 aromatic heterocycles. The second kappa shape index (κ2) is 5.17. The molecule has 20 heavy (non-hydrogen) atoms. The van der Waals surface area contributed by atoms with E-state index in [4.69, 9.17) is 4.42 Å². The summed E-state index contributed by atoms with van der Waals surface area (Å²) >= 11 is 0. The van der Waals surface area contributed by atoms with Crippen LogP contribution in [-0.2, 0) is 6.54 Å². The first-order chi connectivity index (χ1) is 9.78. The highest BCUT2D eigenvalue weighted by atomic mass is 16.3. The number of pyridine rings is 1. The molecule has 0 atom stereocenters. The van der Waals surface area contributed by atoms with E-state index in [2.05, 4.69) is 4.98 Å². The van der Waals surface area contributed by atoms with Crippen molar-refractivity contribution in [3.63, 3.8) is 0 Å². The summed E-state index contributed by atoms with van der Waals surface area (Å²) in [6, 6.07) is 13.4. The Labute approximate surface area is 116 Å². The molecule has 0 radical (unpaired) electrons. The van der Waals surface area contributed by atoms with Crippen molar-refractivity contribution in [2.75, 3.05) is 11.9 Å². The van der Waals surface area contributed by atoms with E-state index in [0.29, 0.717) is 17.9 Å². The highest BCUT2D eigenvalue weighted by Crippen LogP contribution is 2.22. The van der Waals surface area contributed by atoms with E-state index in [-0.39, 0.29) is 0 Å². The smallest absolute Gasteiger partial charge is 0.153 e. The zero-order valence-corrected chi connectivity index (χ0v) is 11.1. The lowest BCUT2D eigenvalue weighted by molar-refractivity contribution is 0.112. The van der Waals surface area contributed by atoms with E-state index in [1.54, 1.807) is 6.26 Å². The molecule has 0 fully saturated rings. The fourth-order valence-electron chi connectivity index (χ4n) is 2.23. The van der Waals surface area contributed by atoms with Crippen LogP contribution in [0.2, 0.25) is 0 Å². The maximum atomic E-state index is 11.3. The number of anilines is 1. The molecule has 0 N–H and O–H groups in total. The lowest BCUT2D eigenvalue weighted by atomic mass is 10.1. The minimum atomic E-state index is 0.569. The van der Waals surface area contributed by atoms with E-state index < -0.39 is 0 Å². The van der Waals surface area contributed by atoms with Crippen molar-refractivity contribution in [2.24, 2.45) is 0 Å². The summed E-state index contributed by atoms with van der Waals surface area (Å²) in [5.74, 6) is 1.49. The summed E-state index contributed by atoms with van der Waals surface area (Å²) in [5.41, 5.74) is 1.46. The van der Waals surface area contributed by atoms with Crippen LogP contribution < -0.4 is 4.90 Å². The predicted octanol–water partition coefficient (Wildman–Crippen LogP) is 3.28. The SMILES string of the molecule is CN(Cc1ccco1)c1nc2ccccc2cc1C=O. The molecular weight excluding hydrogens is 252 g/mol. The molecule has 0 aliphatic rings. The fraction of sp³-hybridized carbons (Fsp3) is 0.125. The molecule has 0 saturated heterocycles. The first-order valence-electron chi connectivity index (χ1n) is 6.36. The molecule has 2 heterocycles. The Bertz CT molecular complexity index is 735. The van der Waals surface area contributed by atoms with Crippen molar-refractivity contribution in [3.8, 4) is 0 Å². The van der Waals surface area contributed by atoms with Crippen LogP contribution in [0.1, 0.15) is 16.1 Å². The predicted molar refractivity (Wildman–Crippen MR) is 77.9 cm³/mol. The molecule has 0 aliphatic heterocycles. The molecule has 0 aliphatic carbocycles. The van der Waals surface area contributed by atoms with Crippen LogP contribution in [-0.4, -0.2) is 18.3 Å². The summed E-state index contributed by atoms with van der Waals surface area (Å²) in [6.45, 7) is 0.569. The second-order valence-electron chi connectivity index (χ2n) is 4.65. The van der Waals surface area contributed by atoms with Gasteiger partial charge in [0.25, 0.3) is 0 Å². The summed E-state index contributed by atoms with van der Waals surface area (Å²) < 4.78 is 5.33. The topological polar surface area (TPSA) is 46.3 Å². The van der Waals surface area contributed by atoms with Crippen LogP contribution in [0, 0.1) is 0 Å². The van der Waals surface area contributed by atoms with Gasteiger partial charge in [0.1, 0.15) is 11.6 Å². The van der Waals surface area contributed by atoms with Gasteiger partial charge in [-0.25, -0.2) is 4.98 Å². The van der Waals surface area contributed by atoms with Crippen molar-refractivity contribution in [3.05, 3.63) is 60.1 Å². The Balaban J connectivity index is 2.02. The zero-order valence-electron chi connectivity index (χ0n) is 11.1. The Morgan fingerprint density at radius 1 is 1.25 bits per heavy atom. The largest absolute Gasteiger partial charge is 0.467 e. The van der Waals surface area contributed by atoms with Gasteiger partial charge < -0.3 is 9.32 Å². The quantitative estimate of drug-likeness (QED) is 0.680. The number of carbonyl (C=O) groups excluding carboxylic acids is 1. The molecule has 0 saturated carbocycles. The molecule has 4 heteroatoms. The van der Waals surface area contributed by atoms with Crippen LogP contribution >= 0.6 is 0 Å². The average Bonchev–Trinajstić information content (AvgIpc) is 2.98. The summed E-state index contributed by atoms with van der Waals surface area (Å²) in [5, 5.41) is 0.963. The van der Waals surface area contributed by atoms with Crippen LogP contribution in [0.4, 0.5) is 5.82 Å². The minimum absolute atomic E-state index is 0.569. The molecule has 0 spiro atoms. The standard InChI is InChI=1S/C16H14N2O2/c1-18(10-14-6-4-8-20-14)16-13(11-19)9-12-5-2-3-7-15(12)17-16/h2-9,11H,10H2,1H3. The van der Waals surface area contributed by atoms with Crippen LogP contribution in [0.25, 0.3) is 10.9 Å². The number of benzene rings is 1. The first-order valence-corrected chi connectivity index (χ1v) is 6.36. The van der Waals surface area contributed by atoms with Crippen molar-refractivity contribution in [1.82, 2.24) is 4.98 Å². The minimum Gasteiger partial charge on any atom is -0.467 e. The van der Waals surface area contributed by atoms with Crippen molar-refractivity contribution in [1.29, 1.82) is 0 Å². The lowest BCUT2D eigenvalue weighted by Crippen LogP contribution is -2.19.